The fourth-order valence-corrected chi connectivity index (χ4v) is 10.1. The number of nitrogens with one attached hydrogen (secondary N) is 2. The van der Waals surface area contributed by atoms with E-state index in [4.69, 9.17) is 49.3 Å². The van der Waals surface area contributed by atoms with E-state index in [0.29, 0.717) is 5.75 Å². The third-order valence-corrected chi connectivity index (χ3v) is 13.8. The minimum atomic E-state index is -1.91. The summed E-state index contributed by atoms with van der Waals surface area (Å²) in [5, 5.41) is 11.7. The highest BCUT2D eigenvalue weighted by Gasteiger charge is 2.52. The van der Waals surface area contributed by atoms with Gasteiger partial charge in [0.2, 0.25) is 12.5 Å². The number of aryl methyl sites for hydroxylation is 2. The molecule has 2 N–H and O–H groups in total. The second-order valence-corrected chi connectivity index (χ2v) is 18.9. The predicted octanol–water partition coefficient (Wildman–Crippen LogP) is 8.57. The lowest BCUT2D eigenvalue weighted by Crippen LogP contribution is -2.43. The Morgan fingerprint density at radius 2 is 1.54 bits per heavy atom. The van der Waals surface area contributed by atoms with Crippen LogP contribution in [0.5, 0.6) is 5.75 Å². The summed E-state index contributed by atoms with van der Waals surface area (Å²) in [6.07, 6.45) is -2.50. The number of H-pyrrole nitrogens is 1. The van der Waals surface area contributed by atoms with Gasteiger partial charge in [-0.05, 0) is 70.4 Å². The Labute approximate surface area is 420 Å². The van der Waals surface area contributed by atoms with Gasteiger partial charge in [0.05, 0.1) is 32.0 Å². The van der Waals surface area contributed by atoms with E-state index >= 15 is 0 Å². The van der Waals surface area contributed by atoms with Crippen molar-refractivity contribution in [1.29, 1.82) is 5.26 Å². The maximum Gasteiger partial charge on any atom is 0.280 e. The quantitative estimate of drug-likeness (QED) is 0.0172. The summed E-state index contributed by atoms with van der Waals surface area (Å²) >= 11 is 0. The molecule has 0 spiro atoms. The van der Waals surface area contributed by atoms with E-state index in [9.17, 15) is 9.59 Å². The van der Waals surface area contributed by atoms with Gasteiger partial charge in [0.25, 0.3) is 20.0 Å². The van der Waals surface area contributed by atoms with E-state index in [1.807, 2.05) is 84.0 Å². The number of imidazole rings is 1. The molecule has 1 saturated heterocycles. The molecule has 3 heterocycles. The molecule has 0 aliphatic carbocycles. The second kappa shape index (κ2) is 25.8. The molecule has 72 heavy (non-hydrogen) atoms. The number of carbonyl (C=O) groups excluding carboxylic acids is 1. The molecule has 1 aliphatic rings. The maximum atomic E-state index is 13.7. The van der Waals surface area contributed by atoms with Gasteiger partial charge in [-0.15, -0.1) is 0 Å². The third-order valence-electron chi connectivity index (χ3n) is 11.7. The standard InChI is InChI=1S/C53H61N8O10P/c1-36(2)61(37(3)4)72(69-30-28-55-7)71-47-44(31-68-53(40-15-10-8-11-16-40,41-23-19-38(5)20-24-41)42-25-21-39(6)22-26-42)70-51(48(47)67-35-65-34-64-29-14-27-54)60-33-56-46-49(60)58-52(59-50(46)63)57-45(62)32-66-43-17-12-9-13-18-43/h8-13,15-26,33,36-37,44,47-48,51H,14,28-32,34-35H2,1-6H3,(H2,57,58,59,62,63)/t44-,47+,48?,51-,72?/m1/s1. The maximum absolute atomic E-state index is 13.7. The van der Waals surface area contributed by atoms with E-state index in [1.165, 1.54) is 6.33 Å². The number of amides is 1. The molecule has 2 aromatic heterocycles. The van der Waals surface area contributed by atoms with Crippen LogP contribution in [-0.2, 0) is 43.1 Å². The number of benzene rings is 4. The average Bonchev–Trinajstić information content (AvgIpc) is 3.95. The van der Waals surface area contributed by atoms with Crippen LogP contribution in [0.2, 0.25) is 0 Å². The number of para-hydroxylation sites is 1. The Bertz CT molecular complexity index is 2750. The zero-order valence-corrected chi connectivity index (χ0v) is 42.2. The molecule has 6 aromatic rings. The molecule has 0 bridgehead atoms. The lowest BCUT2D eigenvalue weighted by Gasteiger charge is -2.39. The van der Waals surface area contributed by atoms with Gasteiger partial charge >= 0.3 is 0 Å². The first-order valence-corrected chi connectivity index (χ1v) is 24.9. The van der Waals surface area contributed by atoms with E-state index in [-0.39, 0.29) is 82.2 Å². The van der Waals surface area contributed by atoms with Gasteiger partial charge in [-0.1, -0.05) is 108 Å². The van der Waals surface area contributed by atoms with Gasteiger partial charge in [-0.2, -0.15) is 10.2 Å². The van der Waals surface area contributed by atoms with E-state index in [0.717, 1.165) is 27.8 Å². The molecule has 1 amide bonds. The van der Waals surface area contributed by atoms with Crippen molar-refractivity contribution in [3.8, 4) is 11.8 Å². The van der Waals surface area contributed by atoms with Crippen molar-refractivity contribution in [3.05, 3.63) is 165 Å². The smallest absolute Gasteiger partial charge is 0.280 e. The molecule has 0 radical (unpaired) electrons. The average molecular weight is 1000 g/mol. The number of ether oxygens (including phenoxy) is 6. The van der Waals surface area contributed by atoms with Crippen molar-refractivity contribution in [2.75, 3.05) is 51.9 Å². The van der Waals surface area contributed by atoms with E-state index < -0.39 is 50.1 Å². The Kier molecular flexibility index (Phi) is 19.1. The monoisotopic (exact) mass is 1000 g/mol. The lowest BCUT2D eigenvalue weighted by molar-refractivity contribution is -0.173. The fraction of sp³-hybridized carbons (Fsp3) is 0.396. The number of carbonyl (C=O) groups is 1. The Balaban J connectivity index is 1.33. The zero-order chi connectivity index (χ0) is 51.0. The molecule has 19 heteroatoms. The van der Waals surface area contributed by atoms with E-state index in [2.05, 4.69) is 78.3 Å². The molecular formula is C53H61N8O10P. The molecule has 0 saturated carbocycles. The summed E-state index contributed by atoms with van der Waals surface area (Å²) in [6.45, 7) is 19.2. The molecule has 378 valence electrons. The molecule has 1 fully saturated rings. The van der Waals surface area contributed by atoms with Crippen LogP contribution in [0, 0.1) is 31.8 Å². The van der Waals surface area contributed by atoms with Gasteiger partial charge in [0.15, 0.2) is 24.0 Å². The van der Waals surface area contributed by atoms with Crippen LogP contribution < -0.4 is 15.6 Å². The van der Waals surface area contributed by atoms with Crippen molar-refractivity contribution in [1.82, 2.24) is 24.2 Å². The van der Waals surface area contributed by atoms with E-state index in [1.54, 1.807) is 28.8 Å². The predicted molar refractivity (Wildman–Crippen MR) is 270 cm³/mol. The molecule has 5 atom stereocenters. The lowest BCUT2D eigenvalue weighted by atomic mass is 9.79. The van der Waals surface area contributed by atoms with Gasteiger partial charge in [0, 0.05) is 12.1 Å². The SMILES string of the molecule is [C-]#[N+]CCOP(O[C@@H]1C(OCOCOCCC#N)[C@H](n2cnc3c(=O)[nH]c(NC(=O)COc4ccccc4)nc32)O[C@@H]1COC(c1ccccc1)(c1ccc(C)cc1)c1ccc(C)cc1)N(C(C)C)C(C)C. The van der Waals surface area contributed by atoms with Crippen LogP contribution >= 0.6 is 8.53 Å². The van der Waals surface area contributed by atoms with Gasteiger partial charge < -0.3 is 42.3 Å². The first-order valence-electron chi connectivity index (χ1n) is 23.7. The largest absolute Gasteiger partial charge is 0.484 e. The van der Waals surface area contributed by atoms with Crippen molar-refractivity contribution >= 4 is 31.5 Å². The Morgan fingerprint density at radius 1 is 0.903 bits per heavy atom. The summed E-state index contributed by atoms with van der Waals surface area (Å²) < 4.78 is 55.5. The topological polar surface area (TPSA) is 198 Å². The van der Waals surface area contributed by atoms with Crippen LogP contribution in [-0.4, -0.2) is 107 Å². The summed E-state index contributed by atoms with van der Waals surface area (Å²) in [5.74, 6) is -0.229. The van der Waals surface area contributed by atoms with Crippen LogP contribution in [0.15, 0.2) is 120 Å². The summed E-state index contributed by atoms with van der Waals surface area (Å²) in [6, 6.07) is 37.2. The minimum Gasteiger partial charge on any atom is -0.484 e. The number of anilines is 1. The second-order valence-electron chi connectivity index (χ2n) is 17.5. The summed E-state index contributed by atoms with van der Waals surface area (Å²) in [7, 11) is -1.91. The number of hydrogen-bond donors (Lipinski definition) is 2. The van der Waals surface area contributed by atoms with Crippen molar-refractivity contribution < 1.29 is 42.3 Å². The molecule has 4 aromatic carbocycles. The molecule has 7 rings (SSSR count). The van der Waals surface area contributed by atoms with Gasteiger partial charge in [0.1, 0.15) is 49.9 Å². The van der Waals surface area contributed by atoms with Crippen molar-refractivity contribution in [3.63, 3.8) is 0 Å². The van der Waals surface area contributed by atoms with Crippen LogP contribution in [0.1, 0.15) is 68.2 Å². The number of fused-ring (bicyclic) bond motifs is 1. The molecular weight excluding hydrogens is 940 g/mol. The first-order chi connectivity index (χ1) is 34.9. The highest BCUT2D eigenvalue weighted by Crippen LogP contribution is 2.51. The van der Waals surface area contributed by atoms with Crippen LogP contribution in [0.4, 0.5) is 5.95 Å². The van der Waals surface area contributed by atoms with Crippen LogP contribution in [0.3, 0.4) is 0 Å². The number of aromatic amines is 1. The fourth-order valence-electron chi connectivity index (χ4n) is 8.37. The molecule has 1 aliphatic heterocycles. The minimum absolute atomic E-state index is 0.0347. The third kappa shape index (κ3) is 13.2. The Morgan fingerprint density at radius 3 is 2.17 bits per heavy atom. The highest BCUT2D eigenvalue weighted by atomic mass is 31.2. The van der Waals surface area contributed by atoms with Crippen molar-refractivity contribution in [2.45, 2.75) is 90.2 Å². The molecule has 2 unspecified atom stereocenters. The zero-order valence-electron chi connectivity index (χ0n) is 41.3. The first kappa shape index (κ1) is 53.4. The number of rotatable bonds is 26. The highest BCUT2D eigenvalue weighted by molar-refractivity contribution is 7.44. The summed E-state index contributed by atoms with van der Waals surface area (Å²) in [4.78, 5) is 42.1. The summed E-state index contributed by atoms with van der Waals surface area (Å²) in [5.41, 5.74) is 2.99. The van der Waals surface area contributed by atoms with Gasteiger partial charge in [-0.3, -0.25) is 24.5 Å². The number of nitriles is 1. The normalized spacial score (nSPS) is 17.3. The Hall–Kier alpha value is -6.41. The number of hydrogen-bond acceptors (Lipinski definition) is 14. The van der Waals surface area contributed by atoms with Gasteiger partial charge in [-0.25, -0.2) is 16.2 Å². The number of aromatic nitrogens is 4. The molecule has 18 nitrogen and oxygen atoms in total. The van der Waals surface area contributed by atoms with Crippen LogP contribution in [0.25, 0.3) is 16.0 Å². The number of nitrogens with zero attached hydrogens (tertiary/aromatic N) is 6. The van der Waals surface area contributed by atoms with Crippen molar-refractivity contribution in [2.24, 2.45) is 0 Å².